The highest BCUT2D eigenvalue weighted by Crippen LogP contribution is 2.09. The van der Waals surface area contributed by atoms with Gasteiger partial charge in [0.2, 0.25) is 0 Å². The third kappa shape index (κ3) is 0.823. The molecule has 2 heterocycles. The summed E-state index contributed by atoms with van der Waals surface area (Å²) in [5.41, 5.74) is 0. The van der Waals surface area contributed by atoms with Crippen LogP contribution in [0.4, 0.5) is 0 Å². The van der Waals surface area contributed by atoms with Gasteiger partial charge < -0.3 is 4.98 Å². The van der Waals surface area contributed by atoms with E-state index in [1.165, 1.54) is 0 Å². The standard InChI is InChI=1S/C6H8N4/c1-2-8-5(7-1)6-9-3-4-10-6/h1-3,6,10H,4H2,(H,7,8). The molecule has 1 aliphatic rings. The van der Waals surface area contributed by atoms with E-state index in [0.717, 1.165) is 12.4 Å². The molecule has 0 radical (unpaired) electrons. The molecule has 1 unspecified atom stereocenters. The van der Waals surface area contributed by atoms with Gasteiger partial charge in [0.25, 0.3) is 0 Å². The van der Waals surface area contributed by atoms with E-state index in [1.54, 1.807) is 12.4 Å². The number of nitrogens with one attached hydrogen (secondary N) is 2. The summed E-state index contributed by atoms with van der Waals surface area (Å²) in [5.74, 6) is 0.883. The van der Waals surface area contributed by atoms with Crippen LogP contribution in [0.15, 0.2) is 17.4 Å². The zero-order valence-electron chi connectivity index (χ0n) is 5.41. The molecule has 52 valence electrons. The van der Waals surface area contributed by atoms with E-state index in [9.17, 15) is 0 Å². The SMILES string of the molecule is C1=NC(c2ncc[nH]2)NC1. The van der Waals surface area contributed by atoms with Crippen molar-refractivity contribution in [2.24, 2.45) is 4.99 Å². The first-order chi connectivity index (χ1) is 4.97. The molecule has 0 spiro atoms. The van der Waals surface area contributed by atoms with Gasteiger partial charge in [-0.1, -0.05) is 0 Å². The molecule has 0 bridgehead atoms. The van der Waals surface area contributed by atoms with Crippen molar-refractivity contribution in [1.82, 2.24) is 15.3 Å². The van der Waals surface area contributed by atoms with Gasteiger partial charge in [0.05, 0.1) is 0 Å². The van der Waals surface area contributed by atoms with E-state index in [4.69, 9.17) is 0 Å². The topological polar surface area (TPSA) is 53.1 Å². The Balaban J connectivity index is 2.20. The van der Waals surface area contributed by atoms with Crippen molar-refractivity contribution >= 4 is 6.21 Å². The monoisotopic (exact) mass is 136 g/mol. The average molecular weight is 136 g/mol. The Bertz CT molecular complexity index is 226. The van der Waals surface area contributed by atoms with E-state index < -0.39 is 0 Å². The predicted molar refractivity (Wildman–Crippen MR) is 37.8 cm³/mol. The van der Waals surface area contributed by atoms with Gasteiger partial charge in [0, 0.05) is 25.2 Å². The maximum atomic E-state index is 4.15. The molecular formula is C6H8N4. The molecule has 4 heteroatoms. The summed E-state index contributed by atoms with van der Waals surface area (Å²) >= 11 is 0. The number of hydrogen-bond acceptors (Lipinski definition) is 3. The van der Waals surface area contributed by atoms with Crippen LogP contribution < -0.4 is 5.32 Å². The largest absolute Gasteiger partial charge is 0.346 e. The van der Waals surface area contributed by atoms with Crippen molar-refractivity contribution in [3.8, 4) is 0 Å². The number of imidazole rings is 1. The zero-order valence-corrected chi connectivity index (χ0v) is 5.41. The minimum atomic E-state index is 0.0509. The summed E-state index contributed by atoms with van der Waals surface area (Å²) in [5, 5.41) is 3.14. The number of nitrogens with zero attached hydrogens (tertiary/aromatic N) is 2. The Labute approximate surface area is 58.4 Å². The lowest BCUT2D eigenvalue weighted by atomic mass is 10.5. The van der Waals surface area contributed by atoms with Crippen LogP contribution in [0.1, 0.15) is 12.0 Å². The summed E-state index contributed by atoms with van der Waals surface area (Å²) in [6.45, 7) is 0.839. The van der Waals surface area contributed by atoms with Crippen molar-refractivity contribution < 1.29 is 0 Å². The molecule has 10 heavy (non-hydrogen) atoms. The summed E-state index contributed by atoms with van der Waals surface area (Å²) in [6.07, 6.45) is 5.43. The summed E-state index contributed by atoms with van der Waals surface area (Å²) in [7, 11) is 0. The highest BCUT2D eigenvalue weighted by molar-refractivity contribution is 5.62. The second kappa shape index (κ2) is 2.22. The van der Waals surface area contributed by atoms with Crippen LogP contribution in [0.2, 0.25) is 0 Å². The fraction of sp³-hybridized carbons (Fsp3) is 0.333. The molecule has 0 saturated heterocycles. The molecular weight excluding hydrogens is 128 g/mol. The van der Waals surface area contributed by atoms with Crippen molar-refractivity contribution in [3.63, 3.8) is 0 Å². The van der Waals surface area contributed by atoms with Crippen LogP contribution in [0.3, 0.4) is 0 Å². The highest BCUT2D eigenvalue weighted by atomic mass is 15.2. The summed E-state index contributed by atoms with van der Waals surface area (Å²) in [6, 6.07) is 0. The van der Waals surface area contributed by atoms with Gasteiger partial charge in [-0.05, 0) is 0 Å². The normalized spacial score (nSPS) is 23.8. The summed E-state index contributed by atoms with van der Waals surface area (Å²) < 4.78 is 0. The third-order valence-electron chi connectivity index (χ3n) is 1.44. The first-order valence-corrected chi connectivity index (χ1v) is 3.21. The highest BCUT2D eigenvalue weighted by Gasteiger charge is 2.12. The average Bonchev–Trinajstić information content (AvgIpc) is 2.59. The van der Waals surface area contributed by atoms with Gasteiger partial charge in [-0.2, -0.15) is 0 Å². The molecule has 1 atom stereocenters. The van der Waals surface area contributed by atoms with Crippen molar-refractivity contribution in [2.45, 2.75) is 6.17 Å². The second-order valence-corrected chi connectivity index (χ2v) is 2.12. The molecule has 2 rings (SSSR count). The number of rotatable bonds is 1. The Morgan fingerprint density at radius 2 is 2.60 bits per heavy atom. The van der Waals surface area contributed by atoms with Gasteiger partial charge >= 0.3 is 0 Å². The van der Waals surface area contributed by atoms with Crippen LogP contribution in [0.25, 0.3) is 0 Å². The van der Waals surface area contributed by atoms with Gasteiger partial charge in [0.1, 0.15) is 5.82 Å². The molecule has 1 aromatic rings. The summed E-state index contributed by atoms with van der Waals surface area (Å²) in [4.78, 5) is 11.2. The van der Waals surface area contributed by atoms with E-state index in [2.05, 4.69) is 20.3 Å². The Hall–Kier alpha value is -1.16. The number of H-pyrrole nitrogens is 1. The second-order valence-electron chi connectivity index (χ2n) is 2.12. The molecule has 0 aliphatic carbocycles. The lowest BCUT2D eigenvalue weighted by Crippen LogP contribution is -2.15. The molecule has 4 nitrogen and oxygen atoms in total. The van der Waals surface area contributed by atoms with E-state index >= 15 is 0 Å². The zero-order chi connectivity index (χ0) is 6.81. The predicted octanol–water partition coefficient (Wildman–Crippen LogP) is 0.0823. The van der Waals surface area contributed by atoms with Crippen molar-refractivity contribution in [3.05, 3.63) is 18.2 Å². The van der Waals surface area contributed by atoms with Gasteiger partial charge in [-0.3, -0.25) is 10.3 Å². The van der Waals surface area contributed by atoms with Crippen molar-refractivity contribution in [2.75, 3.05) is 6.54 Å². The van der Waals surface area contributed by atoms with Crippen LogP contribution >= 0.6 is 0 Å². The van der Waals surface area contributed by atoms with E-state index in [0.29, 0.717) is 0 Å². The number of aliphatic imine (C=N–C) groups is 1. The number of aromatic amines is 1. The van der Waals surface area contributed by atoms with Crippen LogP contribution in [-0.2, 0) is 0 Å². The molecule has 1 aliphatic heterocycles. The van der Waals surface area contributed by atoms with Gasteiger partial charge in [-0.25, -0.2) is 4.98 Å². The fourth-order valence-corrected chi connectivity index (χ4v) is 0.969. The van der Waals surface area contributed by atoms with Crippen LogP contribution in [0.5, 0.6) is 0 Å². The van der Waals surface area contributed by atoms with Crippen molar-refractivity contribution in [1.29, 1.82) is 0 Å². The number of aromatic nitrogens is 2. The first-order valence-electron chi connectivity index (χ1n) is 3.21. The smallest absolute Gasteiger partial charge is 0.158 e. The van der Waals surface area contributed by atoms with E-state index in [1.807, 2.05) is 6.21 Å². The van der Waals surface area contributed by atoms with Crippen LogP contribution in [-0.4, -0.2) is 22.7 Å². The molecule has 0 aromatic carbocycles. The Morgan fingerprint density at radius 1 is 1.60 bits per heavy atom. The minimum Gasteiger partial charge on any atom is -0.346 e. The number of hydrogen-bond donors (Lipinski definition) is 2. The van der Waals surface area contributed by atoms with Crippen LogP contribution in [0, 0.1) is 0 Å². The third-order valence-corrected chi connectivity index (χ3v) is 1.44. The van der Waals surface area contributed by atoms with Gasteiger partial charge in [0.15, 0.2) is 6.17 Å². The van der Waals surface area contributed by atoms with E-state index in [-0.39, 0.29) is 6.17 Å². The lowest BCUT2D eigenvalue weighted by molar-refractivity contribution is 0.610. The Morgan fingerprint density at radius 3 is 3.20 bits per heavy atom. The molecule has 1 aromatic heterocycles. The maximum Gasteiger partial charge on any atom is 0.158 e. The molecule has 2 N–H and O–H groups in total. The molecule has 0 fully saturated rings. The molecule has 0 amide bonds. The molecule has 0 saturated carbocycles. The maximum absolute atomic E-state index is 4.15. The minimum absolute atomic E-state index is 0.0509. The van der Waals surface area contributed by atoms with Gasteiger partial charge in [-0.15, -0.1) is 0 Å². The fourth-order valence-electron chi connectivity index (χ4n) is 0.969. The first kappa shape index (κ1) is 5.61. The lowest BCUT2D eigenvalue weighted by Gasteiger charge is -2.01. The quantitative estimate of drug-likeness (QED) is 0.574. The Kier molecular flexibility index (Phi) is 1.25.